The maximum absolute atomic E-state index is 12.5. The van der Waals surface area contributed by atoms with Gasteiger partial charge in [0.25, 0.3) is 5.91 Å². The predicted octanol–water partition coefficient (Wildman–Crippen LogP) is 3.71. The number of carbonyl (C=O) groups is 3. The highest BCUT2D eigenvalue weighted by Crippen LogP contribution is 2.34. The number of benzene rings is 2. The summed E-state index contributed by atoms with van der Waals surface area (Å²) in [5.74, 6) is -0.694. The number of hydrogen-bond acceptors (Lipinski definition) is 7. The second kappa shape index (κ2) is 13.0. The van der Waals surface area contributed by atoms with Crippen LogP contribution in [0.5, 0.6) is 0 Å². The molecule has 3 aromatic rings. The van der Waals surface area contributed by atoms with Gasteiger partial charge in [-0.05, 0) is 61.3 Å². The molecule has 1 saturated heterocycles. The number of nitrogens with zero attached hydrogens (tertiary/aromatic N) is 2. The molecule has 200 valence electrons. The lowest BCUT2D eigenvalue weighted by Crippen LogP contribution is -2.38. The quantitative estimate of drug-likeness (QED) is 0.263. The molecule has 1 aliphatic rings. The summed E-state index contributed by atoms with van der Waals surface area (Å²) in [4.78, 5) is 39.4. The van der Waals surface area contributed by atoms with Crippen molar-refractivity contribution in [2.24, 2.45) is 5.73 Å². The van der Waals surface area contributed by atoms with Gasteiger partial charge in [0.15, 0.2) is 0 Å². The van der Waals surface area contributed by atoms with Crippen LogP contribution in [0, 0.1) is 6.92 Å². The number of rotatable bonds is 9. The van der Waals surface area contributed by atoms with Crippen molar-refractivity contribution in [3.63, 3.8) is 0 Å². The Bertz CT molecular complexity index is 1280. The number of anilines is 3. The predicted molar refractivity (Wildman–Crippen MR) is 149 cm³/mol. The van der Waals surface area contributed by atoms with Gasteiger partial charge < -0.3 is 26.4 Å². The average molecular weight is 538 g/mol. The van der Waals surface area contributed by atoms with Gasteiger partial charge >= 0.3 is 12.1 Å². The third-order valence-corrected chi connectivity index (χ3v) is 6.74. The molecule has 0 radical (unpaired) electrons. The van der Waals surface area contributed by atoms with Gasteiger partial charge in [0.05, 0.1) is 18.9 Å². The molecular weight excluding hydrogens is 506 g/mol. The zero-order valence-corrected chi connectivity index (χ0v) is 21.9. The van der Waals surface area contributed by atoms with E-state index in [1.54, 1.807) is 30.3 Å². The number of aryl methyl sites for hydroxylation is 1. The van der Waals surface area contributed by atoms with Gasteiger partial charge in [-0.1, -0.05) is 24.3 Å². The number of primary amides is 1. The fourth-order valence-corrected chi connectivity index (χ4v) is 4.89. The van der Waals surface area contributed by atoms with Gasteiger partial charge in [0.1, 0.15) is 10.6 Å². The molecule has 1 aromatic heterocycles. The van der Waals surface area contributed by atoms with Crippen LogP contribution in [0.4, 0.5) is 26.0 Å². The summed E-state index contributed by atoms with van der Waals surface area (Å²) in [5.41, 5.74) is 8.88. The summed E-state index contributed by atoms with van der Waals surface area (Å²) >= 11 is 0.990. The van der Waals surface area contributed by atoms with Gasteiger partial charge in [-0.3, -0.25) is 15.0 Å². The standard InChI is InChI=1S/C26H31N7O4S/c1-17-16-19(30-26(36)29-18-6-3-2-4-7-18)8-9-20(17)22-21(23(27)34)24(38-32-22)31-25(35)28-10-5-11-33-12-14-37-15-13-33/h2-4,6-9,16H,5,10-15H2,1H3,(H2,27,34)(H2,28,31,35)(H2,29,30,36). The Kier molecular flexibility index (Phi) is 9.25. The molecule has 6 N–H and O–H groups in total. The normalized spacial score (nSPS) is 13.5. The number of ether oxygens (including phenoxy) is 1. The van der Waals surface area contributed by atoms with E-state index in [9.17, 15) is 14.4 Å². The van der Waals surface area contributed by atoms with E-state index >= 15 is 0 Å². The largest absolute Gasteiger partial charge is 0.379 e. The number of hydrogen-bond donors (Lipinski definition) is 5. The molecule has 2 aromatic carbocycles. The molecule has 0 atom stereocenters. The van der Waals surface area contributed by atoms with Gasteiger partial charge in [0.2, 0.25) is 0 Å². The molecule has 1 aliphatic heterocycles. The molecule has 0 bridgehead atoms. The second-order valence-electron chi connectivity index (χ2n) is 8.76. The molecule has 12 heteroatoms. The summed E-state index contributed by atoms with van der Waals surface area (Å²) in [6.45, 7) is 6.48. The Morgan fingerprint density at radius 1 is 1.00 bits per heavy atom. The van der Waals surface area contributed by atoms with Crippen molar-refractivity contribution in [3.8, 4) is 11.3 Å². The summed E-state index contributed by atoms with van der Waals surface area (Å²) in [6.07, 6.45) is 0.799. The van der Waals surface area contributed by atoms with Crippen molar-refractivity contribution in [2.75, 3.05) is 55.3 Å². The topological polar surface area (TPSA) is 151 Å². The lowest BCUT2D eigenvalue weighted by atomic mass is 10.0. The Hall–Kier alpha value is -4.00. The maximum Gasteiger partial charge on any atom is 0.323 e. The number of amides is 5. The number of urea groups is 2. The monoisotopic (exact) mass is 537 g/mol. The van der Waals surface area contributed by atoms with E-state index in [4.69, 9.17) is 10.5 Å². The summed E-state index contributed by atoms with van der Waals surface area (Å²) in [5, 5.41) is 11.4. The van der Waals surface area contributed by atoms with E-state index in [0.29, 0.717) is 29.2 Å². The van der Waals surface area contributed by atoms with E-state index in [1.165, 1.54) is 0 Å². The van der Waals surface area contributed by atoms with Crippen molar-refractivity contribution in [3.05, 3.63) is 59.7 Å². The number of morpholine rings is 1. The average Bonchev–Trinajstić information content (AvgIpc) is 3.31. The molecule has 0 unspecified atom stereocenters. The van der Waals surface area contributed by atoms with Crippen molar-refractivity contribution < 1.29 is 19.1 Å². The van der Waals surface area contributed by atoms with Crippen LogP contribution in [0.2, 0.25) is 0 Å². The fraction of sp³-hybridized carbons (Fsp3) is 0.308. The van der Waals surface area contributed by atoms with Crippen molar-refractivity contribution >= 4 is 45.9 Å². The molecule has 38 heavy (non-hydrogen) atoms. The Morgan fingerprint density at radius 2 is 1.74 bits per heavy atom. The molecule has 5 amide bonds. The van der Waals surface area contributed by atoms with Crippen molar-refractivity contribution in [1.82, 2.24) is 14.6 Å². The Labute approximate surface area is 224 Å². The van der Waals surface area contributed by atoms with Crippen molar-refractivity contribution in [2.45, 2.75) is 13.3 Å². The molecule has 11 nitrogen and oxygen atoms in total. The first-order valence-electron chi connectivity index (χ1n) is 12.3. The van der Waals surface area contributed by atoms with Crippen LogP contribution in [-0.4, -0.2) is 66.6 Å². The van der Waals surface area contributed by atoms with Crippen LogP contribution in [0.25, 0.3) is 11.3 Å². The highest BCUT2D eigenvalue weighted by atomic mass is 32.1. The van der Waals surface area contributed by atoms with Gasteiger partial charge in [-0.2, -0.15) is 4.37 Å². The van der Waals surface area contributed by atoms with E-state index in [-0.39, 0.29) is 16.6 Å². The number of nitrogens with two attached hydrogens (primary N) is 1. The number of nitrogens with one attached hydrogen (secondary N) is 4. The molecule has 0 spiro atoms. The smallest absolute Gasteiger partial charge is 0.323 e. The molecule has 1 fully saturated rings. The Balaban J connectivity index is 1.37. The number of aromatic nitrogens is 1. The molecule has 4 rings (SSSR count). The lowest BCUT2D eigenvalue weighted by molar-refractivity contribution is 0.0375. The van der Waals surface area contributed by atoms with E-state index in [0.717, 1.165) is 56.4 Å². The first-order chi connectivity index (χ1) is 18.4. The molecular formula is C26H31N7O4S. The van der Waals surface area contributed by atoms with Gasteiger partial charge in [0, 0.05) is 36.6 Å². The second-order valence-corrected chi connectivity index (χ2v) is 9.54. The minimum absolute atomic E-state index is 0.143. The number of carbonyl (C=O) groups excluding carboxylic acids is 3. The zero-order valence-electron chi connectivity index (χ0n) is 21.1. The first-order valence-corrected chi connectivity index (χ1v) is 13.1. The highest BCUT2D eigenvalue weighted by molar-refractivity contribution is 7.11. The number of para-hydroxylation sites is 1. The van der Waals surface area contributed by atoms with E-state index in [2.05, 4.69) is 30.5 Å². The van der Waals surface area contributed by atoms with Crippen LogP contribution in [0.1, 0.15) is 22.3 Å². The molecule has 2 heterocycles. The van der Waals surface area contributed by atoms with Crippen LogP contribution in [0.3, 0.4) is 0 Å². The summed E-state index contributed by atoms with van der Waals surface area (Å²) < 4.78 is 9.75. The van der Waals surface area contributed by atoms with Crippen LogP contribution >= 0.6 is 11.5 Å². The fourth-order valence-electron chi connectivity index (χ4n) is 4.09. The van der Waals surface area contributed by atoms with Crippen molar-refractivity contribution in [1.29, 1.82) is 0 Å². The lowest BCUT2D eigenvalue weighted by Gasteiger charge is -2.26. The summed E-state index contributed by atoms with van der Waals surface area (Å²) in [6, 6.07) is 13.6. The highest BCUT2D eigenvalue weighted by Gasteiger charge is 2.23. The van der Waals surface area contributed by atoms with Gasteiger partial charge in [-0.25, -0.2) is 9.59 Å². The van der Waals surface area contributed by atoms with Crippen LogP contribution in [0.15, 0.2) is 48.5 Å². The third kappa shape index (κ3) is 7.28. The zero-order chi connectivity index (χ0) is 26.9. The molecule has 0 saturated carbocycles. The minimum atomic E-state index is -0.694. The maximum atomic E-state index is 12.5. The van der Waals surface area contributed by atoms with Gasteiger partial charge in [-0.15, -0.1) is 0 Å². The SMILES string of the molecule is Cc1cc(NC(=O)Nc2ccccc2)ccc1-c1nsc(NC(=O)NCCCN2CCOCC2)c1C(N)=O. The van der Waals surface area contributed by atoms with Crippen LogP contribution in [-0.2, 0) is 4.74 Å². The first kappa shape index (κ1) is 27.0. The third-order valence-electron chi connectivity index (χ3n) is 5.98. The summed E-state index contributed by atoms with van der Waals surface area (Å²) in [7, 11) is 0. The minimum Gasteiger partial charge on any atom is -0.379 e. The molecule has 0 aliphatic carbocycles. The van der Waals surface area contributed by atoms with Crippen LogP contribution < -0.4 is 27.0 Å². The Morgan fingerprint density at radius 3 is 2.45 bits per heavy atom. The van der Waals surface area contributed by atoms with E-state index < -0.39 is 11.9 Å². The van der Waals surface area contributed by atoms with E-state index in [1.807, 2.05) is 25.1 Å².